The standard InChI is InChI=1S/C18H16F2N2O3/c1-10-12(17(24)25)3-5-15(22-10)16(23)21-9-18(6-7-18)13-4-2-11(19)8-14(13)20/h2-5,8H,6-7,9H2,1H3,(H,21,23)(H,24,25). The summed E-state index contributed by atoms with van der Waals surface area (Å²) in [5, 5.41) is 11.7. The quantitative estimate of drug-likeness (QED) is 0.872. The molecule has 7 heteroatoms. The number of halogens is 2. The number of carboxylic acid groups (broad SMARTS) is 1. The highest BCUT2D eigenvalue weighted by Crippen LogP contribution is 2.48. The number of aryl methyl sites for hydroxylation is 1. The topological polar surface area (TPSA) is 79.3 Å². The molecular weight excluding hydrogens is 330 g/mol. The maximum Gasteiger partial charge on any atom is 0.337 e. The zero-order valence-electron chi connectivity index (χ0n) is 13.5. The SMILES string of the molecule is Cc1nc(C(=O)NCC2(c3ccc(F)cc3F)CC2)ccc1C(=O)O. The average Bonchev–Trinajstić information content (AvgIpc) is 3.33. The van der Waals surface area contributed by atoms with E-state index in [1.54, 1.807) is 0 Å². The van der Waals surface area contributed by atoms with Crippen molar-refractivity contribution in [3.05, 3.63) is 64.5 Å². The van der Waals surface area contributed by atoms with Crippen molar-refractivity contribution in [3.8, 4) is 0 Å². The average molecular weight is 346 g/mol. The molecule has 25 heavy (non-hydrogen) atoms. The number of hydrogen-bond acceptors (Lipinski definition) is 3. The van der Waals surface area contributed by atoms with Crippen LogP contribution in [0.4, 0.5) is 8.78 Å². The minimum Gasteiger partial charge on any atom is -0.478 e. The molecule has 1 aliphatic carbocycles. The maximum atomic E-state index is 14.0. The van der Waals surface area contributed by atoms with Gasteiger partial charge in [-0.05, 0) is 43.5 Å². The van der Waals surface area contributed by atoms with Gasteiger partial charge in [0.15, 0.2) is 0 Å². The number of carbonyl (C=O) groups excluding carboxylic acids is 1. The minimum atomic E-state index is -1.11. The van der Waals surface area contributed by atoms with Crippen LogP contribution in [0.15, 0.2) is 30.3 Å². The Morgan fingerprint density at radius 2 is 1.96 bits per heavy atom. The summed E-state index contributed by atoms with van der Waals surface area (Å²) in [6, 6.07) is 6.12. The van der Waals surface area contributed by atoms with Gasteiger partial charge in [0.05, 0.1) is 11.3 Å². The van der Waals surface area contributed by atoms with E-state index in [1.807, 2.05) is 0 Å². The monoisotopic (exact) mass is 346 g/mol. The molecule has 3 rings (SSSR count). The first-order chi connectivity index (χ1) is 11.8. The van der Waals surface area contributed by atoms with Gasteiger partial charge >= 0.3 is 5.97 Å². The van der Waals surface area contributed by atoms with Crippen LogP contribution in [0.25, 0.3) is 0 Å². The van der Waals surface area contributed by atoms with Crippen molar-refractivity contribution in [2.24, 2.45) is 0 Å². The summed E-state index contributed by atoms with van der Waals surface area (Å²) in [6.07, 6.45) is 1.39. The van der Waals surface area contributed by atoms with Crippen molar-refractivity contribution in [1.29, 1.82) is 0 Å². The van der Waals surface area contributed by atoms with Crippen LogP contribution in [0.2, 0.25) is 0 Å². The first-order valence-corrected chi connectivity index (χ1v) is 7.77. The summed E-state index contributed by atoms with van der Waals surface area (Å²) in [7, 11) is 0. The van der Waals surface area contributed by atoms with Gasteiger partial charge in [0.1, 0.15) is 17.3 Å². The number of rotatable bonds is 5. The first kappa shape index (κ1) is 17.0. The van der Waals surface area contributed by atoms with Crippen molar-refractivity contribution >= 4 is 11.9 Å². The number of pyridine rings is 1. The molecule has 0 saturated heterocycles. The molecule has 0 bridgehead atoms. The second-order valence-corrected chi connectivity index (χ2v) is 6.22. The Bertz CT molecular complexity index is 863. The Morgan fingerprint density at radius 3 is 2.52 bits per heavy atom. The van der Waals surface area contributed by atoms with Gasteiger partial charge in [0.2, 0.25) is 0 Å². The molecule has 0 aliphatic heterocycles. The van der Waals surface area contributed by atoms with Crippen LogP contribution in [0.1, 0.15) is 44.9 Å². The predicted octanol–water partition coefficient (Wildman–Crippen LogP) is 2.83. The van der Waals surface area contributed by atoms with Crippen LogP contribution in [0.5, 0.6) is 0 Å². The van der Waals surface area contributed by atoms with Gasteiger partial charge in [-0.25, -0.2) is 18.6 Å². The summed E-state index contributed by atoms with van der Waals surface area (Å²) in [4.78, 5) is 27.2. The van der Waals surface area contributed by atoms with Crippen LogP contribution in [0.3, 0.4) is 0 Å². The van der Waals surface area contributed by atoms with E-state index >= 15 is 0 Å². The molecule has 2 N–H and O–H groups in total. The van der Waals surface area contributed by atoms with E-state index in [2.05, 4.69) is 10.3 Å². The molecule has 1 amide bonds. The van der Waals surface area contributed by atoms with Crippen LogP contribution in [-0.4, -0.2) is 28.5 Å². The molecule has 0 spiro atoms. The fourth-order valence-electron chi connectivity index (χ4n) is 2.87. The molecule has 1 aromatic carbocycles. The van der Waals surface area contributed by atoms with Gasteiger partial charge in [-0.2, -0.15) is 0 Å². The summed E-state index contributed by atoms with van der Waals surface area (Å²) in [5.74, 6) is -2.83. The number of aromatic nitrogens is 1. The summed E-state index contributed by atoms with van der Waals surface area (Å²) in [6.45, 7) is 1.71. The molecule has 5 nitrogen and oxygen atoms in total. The molecule has 1 saturated carbocycles. The molecule has 2 aromatic rings. The minimum absolute atomic E-state index is 0.0311. The number of carbonyl (C=O) groups is 2. The fourth-order valence-corrected chi connectivity index (χ4v) is 2.87. The Morgan fingerprint density at radius 1 is 1.24 bits per heavy atom. The summed E-state index contributed by atoms with van der Waals surface area (Å²) >= 11 is 0. The zero-order chi connectivity index (χ0) is 18.2. The van der Waals surface area contributed by atoms with E-state index < -0.39 is 28.9 Å². The number of hydrogen-bond donors (Lipinski definition) is 2. The largest absolute Gasteiger partial charge is 0.478 e. The van der Waals surface area contributed by atoms with Crippen LogP contribution < -0.4 is 5.32 Å². The lowest BCUT2D eigenvalue weighted by Gasteiger charge is -2.17. The van der Waals surface area contributed by atoms with Crippen molar-refractivity contribution < 1.29 is 23.5 Å². The number of carboxylic acids is 1. The van der Waals surface area contributed by atoms with E-state index in [-0.39, 0.29) is 23.5 Å². The van der Waals surface area contributed by atoms with Crippen molar-refractivity contribution in [1.82, 2.24) is 10.3 Å². The van der Waals surface area contributed by atoms with Crippen molar-refractivity contribution in [2.45, 2.75) is 25.2 Å². The van der Waals surface area contributed by atoms with E-state index in [4.69, 9.17) is 5.11 Å². The van der Waals surface area contributed by atoms with E-state index in [1.165, 1.54) is 31.2 Å². The number of nitrogens with zero attached hydrogens (tertiary/aromatic N) is 1. The zero-order valence-corrected chi connectivity index (χ0v) is 13.5. The van der Waals surface area contributed by atoms with Crippen molar-refractivity contribution in [2.75, 3.05) is 6.54 Å². The summed E-state index contributed by atoms with van der Waals surface area (Å²) < 4.78 is 27.0. The van der Waals surface area contributed by atoms with E-state index in [0.29, 0.717) is 18.4 Å². The van der Waals surface area contributed by atoms with Gasteiger partial charge in [-0.15, -0.1) is 0 Å². The summed E-state index contributed by atoms with van der Waals surface area (Å²) in [5.41, 5.74) is 0.232. The third kappa shape index (κ3) is 3.35. The van der Waals surface area contributed by atoms with Gasteiger partial charge in [-0.3, -0.25) is 4.79 Å². The fraction of sp³-hybridized carbons (Fsp3) is 0.278. The van der Waals surface area contributed by atoms with Crippen LogP contribution in [-0.2, 0) is 5.41 Å². The molecule has 0 radical (unpaired) electrons. The lowest BCUT2D eigenvalue weighted by atomic mass is 9.95. The predicted molar refractivity (Wildman–Crippen MR) is 85.5 cm³/mol. The highest BCUT2D eigenvalue weighted by atomic mass is 19.1. The third-order valence-electron chi connectivity index (χ3n) is 4.49. The molecule has 130 valence electrons. The van der Waals surface area contributed by atoms with Crippen molar-refractivity contribution in [3.63, 3.8) is 0 Å². The Hall–Kier alpha value is -2.83. The van der Waals surface area contributed by atoms with E-state index in [9.17, 15) is 18.4 Å². The highest BCUT2D eigenvalue weighted by molar-refractivity contribution is 5.94. The molecule has 1 heterocycles. The second kappa shape index (κ2) is 6.23. The third-order valence-corrected chi connectivity index (χ3v) is 4.49. The number of benzene rings is 1. The van der Waals surface area contributed by atoms with E-state index in [0.717, 1.165) is 6.07 Å². The van der Waals surface area contributed by atoms with Crippen LogP contribution in [0, 0.1) is 18.6 Å². The Kier molecular flexibility index (Phi) is 4.24. The number of nitrogens with one attached hydrogen (secondary N) is 1. The van der Waals surface area contributed by atoms with Gasteiger partial charge in [-0.1, -0.05) is 6.07 Å². The number of amides is 1. The normalized spacial score (nSPS) is 14.8. The Labute approximate surface area is 142 Å². The molecule has 1 fully saturated rings. The molecule has 1 aromatic heterocycles. The molecular formula is C18H16F2N2O3. The lowest BCUT2D eigenvalue weighted by Crippen LogP contribution is -2.33. The number of aromatic carboxylic acids is 1. The van der Waals surface area contributed by atoms with Gasteiger partial charge in [0, 0.05) is 18.0 Å². The Balaban J connectivity index is 1.72. The molecule has 0 atom stereocenters. The maximum absolute atomic E-state index is 14.0. The first-order valence-electron chi connectivity index (χ1n) is 7.77. The van der Waals surface area contributed by atoms with Crippen LogP contribution >= 0.6 is 0 Å². The van der Waals surface area contributed by atoms with Gasteiger partial charge < -0.3 is 10.4 Å². The lowest BCUT2D eigenvalue weighted by molar-refractivity contribution is 0.0694. The molecule has 1 aliphatic rings. The smallest absolute Gasteiger partial charge is 0.337 e. The second-order valence-electron chi connectivity index (χ2n) is 6.22. The van der Waals surface area contributed by atoms with Gasteiger partial charge in [0.25, 0.3) is 5.91 Å². The molecule has 0 unspecified atom stereocenters. The highest BCUT2D eigenvalue weighted by Gasteiger charge is 2.46.